The molecule has 2 nitrogen and oxygen atoms in total. The fraction of sp³-hybridized carbons (Fsp3) is 0.0492. The number of ether oxygens (including phenoxy) is 1. The Bertz CT molecular complexity index is 3820. The van der Waals surface area contributed by atoms with Gasteiger partial charge in [-0.15, -0.1) is 0 Å². The minimum absolute atomic E-state index is 0.00343. The van der Waals surface area contributed by atoms with Crippen LogP contribution in [0.2, 0.25) is 0 Å². The van der Waals surface area contributed by atoms with Crippen LogP contribution in [-0.4, -0.2) is 0 Å². The molecule has 2 atom stereocenters. The van der Waals surface area contributed by atoms with E-state index in [9.17, 15) is 0 Å². The van der Waals surface area contributed by atoms with Gasteiger partial charge in [0.1, 0.15) is 23.0 Å². The van der Waals surface area contributed by atoms with Crippen molar-refractivity contribution in [3.63, 3.8) is 0 Å². The van der Waals surface area contributed by atoms with Crippen molar-refractivity contribution in [1.82, 2.24) is 0 Å². The Morgan fingerprint density at radius 2 is 1.08 bits per heavy atom. The molecule has 15 rings (SSSR count). The van der Waals surface area contributed by atoms with E-state index in [4.69, 9.17) is 9.15 Å². The summed E-state index contributed by atoms with van der Waals surface area (Å²) in [6, 6.07) is 72.3. The highest BCUT2D eigenvalue weighted by atomic mass is 16.5. The van der Waals surface area contributed by atoms with Gasteiger partial charge in [0.15, 0.2) is 0 Å². The molecule has 4 aliphatic rings. The van der Waals surface area contributed by atoms with E-state index in [1.54, 1.807) is 0 Å². The van der Waals surface area contributed by atoms with Crippen LogP contribution in [0.3, 0.4) is 0 Å². The van der Waals surface area contributed by atoms with E-state index in [2.05, 4.69) is 206 Å². The average Bonchev–Trinajstić information content (AvgIpc) is 4.08. The first-order valence-corrected chi connectivity index (χ1v) is 22.0. The smallest absolute Gasteiger partial charge is 0.143 e. The monoisotopic (exact) mass is 800 g/mol. The van der Waals surface area contributed by atoms with Gasteiger partial charge in [0, 0.05) is 33.2 Å². The number of hydrogen-bond acceptors (Lipinski definition) is 2. The van der Waals surface area contributed by atoms with Crippen molar-refractivity contribution in [3.8, 4) is 50.3 Å². The normalized spacial score (nSPS) is 16.8. The molecule has 1 spiro atoms. The first-order chi connectivity index (χ1) is 31.2. The Morgan fingerprint density at radius 3 is 1.98 bits per heavy atom. The zero-order valence-corrected chi connectivity index (χ0v) is 34.1. The molecule has 0 amide bonds. The molecule has 0 N–H and O–H groups in total. The second-order valence-corrected chi connectivity index (χ2v) is 17.8. The molecule has 0 fully saturated rings. The molecule has 0 saturated heterocycles. The van der Waals surface area contributed by atoms with Crippen LogP contribution in [0.25, 0.3) is 94.1 Å². The van der Waals surface area contributed by atoms with E-state index in [0.717, 1.165) is 33.1 Å². The molecule has 10 aromatic carbocycles. The lowest BCUT2D eigenvalue weighted by Crippen LogP contribution is -2.26. The number of furan rings is 1. The van der Waals surface area contributed by atoms with Crippen LogP contribution >= 0.6 is 0 Å². The van der Waals surface area contributed by atoms with Gasteiger partial charge in [0.2, 0.25) is 0 Å². The van der Waals surface area contributed by atoms with Gasteiger partial charge in [-0.25, -0.2) is 0 Å². The highest BCUT2D eigenvalue weighted by molar-refractivity contribution is 6.16. The predicted molar refractivity (Wildman–Crippen MR) is 257 cm³/mol. The zero-order valence-electron chi connectivity index (χ0n) is 34.1. The van der Waals surface area contributed by atoms with Crippen LogP contribution in [0.1, 0.15) is 51.0 Å². The van der Waals surface area contributed by atoms with Crippen LogP contribution in [0.4, 0.5) is 0 Å². The van der Waals surface area contributed by atoms with E-state index in [1.807, 2.05) is 0 Å². The standard InChI is InChI=1S/C61H36O2/c1-3-11-43-35(9-1)17-27-49-51-32-38(22-29-56(51)62-59(43)49)37-19-24-42-41(31-37)21-26-48-47-25-20-40(39-23-30-57-52(33-39)50-28-18-36-10-2-4-12-44(36)60(50)63-57)34-55(47)61(58(42)48)53-15-7-5-13-45(53)46-14-6-8-16-54(46)61/h1-34,50,60H. The van der Waals surface area contributed by atoms with Crippen LogP contribution in [-0.2, 0) is 5.41 Å². The molecule has 1 aliphatic heterocycles. The molecular formula is C61H36O2. The molecule has 2 heteroatoms. The largest absolute Gasteiger partial charge is 0.484 e. The molecular weight excluding hydrogens is 765 g/mol. The van der Waals surface area contributed by atoms with Gasteiger partial charge in [-0.3, -0.25) is 0 Å². The molecule has 0 radical (unpaired) electrons. The third kappa shape index (κ3) is 4.37. The fourth-order valence-electron chi connectivity index (χ4n) is 12.1. The minimum Gasteiger partial charge on any atom is -0.484 e. The summed E-state index contributed by atoms with van der Waals surface area (Å²) in [4.78, 5) is 0. The van der Waals surface area contributed by atoms with Crippen molar-refractivity contribution in [1.29, 1.82) is 0 Å². The Morgan fingerprint density at radius 1 is 0.413 bits per heavy atom. The maximum atomic E-state index is 6.67. The van der Waals surface area contributed by atoms with Crippen LogP contribution in [0.15, 0.2) is 205 Å². The Kier molecular flexibility index (Phi) is 6.49. The number of rotatable bonds is 2. The summed E-state index contributed by atoms with van der Waals surface area (Å²) in [7, 11) is 0. The third-order valence-electron chi connectivity index (χ3n) is 14.8. The highest BCUT2D eigenvalue weighted by Gasteiger charge is 2.52. The minimum atomic E-state index is -0.493. The summed E-state index contributed by atoms with van der Waals surface area (Å²) in [5.74, 6) is 1.17. The summed E-state index contributed by atoms with van der Waals surface area (Å²) in [6.45, 7) is 0. The number of hydrogen-bond donors (Lipinski definition) is 0. The highest BCUT2D eigenvalue weighted by Crippen LogP contribution is 2.64. The number of fused-ring (bicyclic) bond motifs is 22. The maximum absolute atomic E-state index is 6.67. The fourth-order valence-corrected chi connectivity index (χ4v) is 12.1. The van der Waals surface area contributed by atoms with Crippen molar-refractivity contribution in [2.75, 3.05) is 0 Å². The average molecular weight is 801 g/mol. The van der Waals surface area contributed by atoms with Crippen molar-refractivity contribution >= 4 is 49.6 Å². The summed E-state index contributed by atoms with van der Waals surface area (Å²) >= 11 is 0. The van der Waals surface area contributed by atoms with Crippen molar-refractivity contribution in [3.05, 3.63) is 239 Å². The quantitative estimate of drug-likeness (QED) is 0.174. The molecule has 63 heavy (non-hydrogen) atoms. The first-order valence-electron chi connectivity index (χ1n) is 22.0. The van der Waals surface area contributed by atoms with E-state index in [-0.39, 0.29) is 12.0 Å². The molecule has 292 valence electrons. The number of benzene rings is 10. The SMILES string of the molecule is C1=CC2c3cc(-c4ccc5c(c4)C4(c6ccccc6-c6ccccc64)c4c-5ccc5cc(-c6ccc7oc8c9ccccc9ccc8c7c6)ccc45)ccc3OC2c2ccccc21. The van der Waals surface area contributed by atoms with Gasteiger partial charge in [0.25, 0.3) is 0 Å². The maximum Gasteiger partial charge on any atom is 0.143 e. The first kappa shape index (κ1) is 33.7. The van der Waals surface area contributed by atoms with Crippen molar-refractivity contribution in [2.45, 2.75) is 17.4 Å². The van der Waals surface area contributed by atoms with Crippen molar-refractivity contribution < 1.29 is 9.15 Å². The van der Waals surface area contributed by atoms with Crippen molar-refractivity contribution in [2.24, 2.45) is 0 Å². The molecule has 1 aromatic heterocycles. The summed E-state index contributed by atoms with van der Waals surface area (Å²) in [5.41, 5.74) is 20.6. The molecule has 11 aromatic rings. The van der Waals surface area contributed by atoms with Crippen LogP contribution in [0.5, 0.6) is 5.75 Å². The molecule has 3 aliphatic carbocycles. The Labute approximate surface area is 364 Å². The summed E-state index contributed by atoms with van der Waals surface area (Å²) in [6.07, 6.45) is 4.60. The Hall–Kier alpha value is -7.94. The summed E-state index contributed by atoms with van der Waals surface area (Å²) < 4.78 is 13.2. The van der Waals surface area contributed by atoms with E-state index in [1.165, 1.54) is 99.6 Å². The molecule has 0 bridgehead atoms. The second kappa shape index (κ2) is 12.1. The van der Waals surface area contributed by atoms with E-state index >= 15 is 0 Å². The van der Waals surface area contributed by atoms with Gasteiger partial charge in [-0.05, 0) is 131 Å². The van der Waals surface area contributed by atoms with Gasteiger partial charge in [-0.2, -0.15) is 0 Å². The molecule has 0 saturated carbocycles. The predicted octanol–water partition coefficient (Wildman–Crippen LogP) is 15.8. The van der Waals surface area contributed by atoms with Gasteiger partial charge in [-0.1, -0.05) is 164 Å². The Balaban J connectivity index is 0.909. The van der Waals surface area contributed by atoms with E-state index < -0.39 is 5.41 Å². The van der Waals surface area contributed by atoms with Gasteiger partial charge in [0.05, 0.1) is 5.41 Å². The van der Waals surface area contributed by atoms with Gasteiger partial charge < -0.3 is 9.15 Å². The van der Waals surface area contributed by atoms with Crippen LogP contribution < -0.4 is 4.74 Å². The van der Waals surface area contributed by atoms with E-state index in [0.29, 0.717) is 0 Å². The lowest BCUT2D eigenvalue weighted by Gasteiger charge is -2.31. The van der Waals surface area contributed by atoms with Crippen LogP contribution in [0, 0.1) is 0 Å². The topological polar surface area (TPSA) is 22.4 Å². The summed E-state index contributed by atoms with van der Waals surface area (Å²) in [5, 5.41) is 7.15. The lowest BCUT2D eigenvalue weighted by atomic mass is 9.69. The second-order valence-electron chi connectivity index (χ2n) is 17.8. The molecule has 2 unspecified atom stereocenters. The zero-order chi connectivity index (χ0) is 41.0. The molecule has 2 heterocycles. The van der Waals surface area contributed by atoms with Gasteiger partial charge >= 0.3 is 0 Å². The third-order valence-corrected chi connectivity index (χ3v) is 14.8. The lowest BCUT2D eigenvalue weighted by molar-refractivity contribution is 0.223.